The fraction of sp³-hybridized carbons (Fsp3) is 0.0455. The molecule has 2 aliphatic heterocycles. The molecule has 0 saturated heterocycles. The quantitative estimate of drug-likeness (QED) is 0.0581. The molecule has 0 unspecified atom stereocenters. The second-order valence-corrected chi connectivity index (χ2v) is 13.8. The number of nitrogens with zero attached hydrogens (tertiary/aromatic N) is 6. The Labute approximate surface area is 350 Å². The molecule has 7 heterocycles. The molecule has 0 N–H and O–H groups in total. The van der Waals surface area contributed by atoms with Crippen molar-refractivity contribution in [2.24, 2.45) is 14.1 Å². The molecule has 0 aliphatic carbocycles. The van der Waals surface area contributed by atoms with Crippen molar-refractivity contribution in [3.63, 3.8) is 0 Å². The molecule has 5 aromatic heterocycles. The van der Waals surface area contributed by atoms with Crippen molar-refractivity contribution in [3.05, 3.63) is 154 Å². The maximum absolute atomic E-state index is 15.8. The van der Waals surface area contributed by atoms with Gasteiger partial charge in [-0.15, -0.1) is 22.1 Å². The van der Waals surface area contributed by atoms with Crippen LogP contribution in [0, 0.1) is 58.2 Å². The molecule has 6 nitrogen and oxygen atoms in total. The average molecular weight is 890 g/mol. The van der Waals surface area contributed by atoms with Crippen LogP contribution in [0.5, 0.6) is 0 Å². The Morgan fingerprint density at radius 1 is 0.344 bits per heavy atom. The first-order chi connectivity index (χ1) is 28.7. The van der Waals surface area contributed by atoms with Crippen molar-refractivity contribution in [2.75, 3.05) is 0 Å². The predicted molar refractivity (Wildman–Crippen MR) is 200 cm³/mol. The van der Waals surface area contributed by atoms with E-state index in [1.807, 2.05) is 0 Å². The van der Waals surface area contributed by atoms with Gasteiger partial charge >= 0.3 is 19.5 Å². The Bertz CT molecular complexity index is 2960. The SMILES string of the molecule is C[n+]1ccc(-c2c3nc(c(-c4c(F)c(F)c(F)c(F)c4F)c4ccc([n-]4)c(-c4cc[n+](C)cc4)c4nc(c(-c5c(F)c(F)c(F)c(F)c5F)c5ccc2[n-]5)C=C4)C=C3)cc1.[Zn+2]. The first-order valence-electron chi connectivity index (χ1n) is 17.7. The van der Waals surface area contributed by atoms with E-state index in [0.717, 1.165) is 0 Å². The Hall–Kier alpha value is -6.74. The summed E-state index contributed by atoms with van der Waals surface area (Å²) >= 11 is 0. The summed E-state index contributed by atoms with van der Waals surface area (Å²) in [6.45, 7) is 0. The number of hydrogen-bond donors (Lipinski definition) is 0. The van der Waals surface area contributed by atoms with Crippen molar-refractivity contribution in [1.29, 1.82) is 0 Å². The first-order valence-corrected chi connectivity index (χ1v) is 17.7. The van der Waals surface area contributed by atoms with Crippen LogP contribution in [0.15, 0.2) is 73.3 Å². The monoisotopic (exact) mass is 888 g/mol. The molecule has 61 heavy (non-hydrogen) atoms. The largest absolute Gasteiger partial charge is 2.00 e. The normalized spacial score (nSPS) is 12.0. The van der Waals surface area contributed by atoms with Crippen molar-refractivity contribution in [2.45, 2.75) is 0 Å². The van der Waals surface area contributed by atoms with E-state index in [4.69, 9.17) is 0 Å². The summed E-state index contributed by atoms with van der Waals surface area (Å²) in [6, 6.07) is 11.9. The van der Waals surface area contributed by atoms with Crippen LogP contribution in [0.25, 0.3) is 90.9 Å². The molecule has 0 radical (unpaired) electrons. The number of rotatable bonds is 4. The van der Waals surface area contributed by atoms with Gasteiger partial charge in [0.1, 0.15) is 14.1 Å². The topological polar surface area (TPSA) is 61.7 Å². The number of halogens is 10. The van der Waals surface area contributed by atoms with Gasteiger partial charge in [0, 0.05) is 24.3 Å². The number of pyridine rings is 2. The van der Waals surface area contributed by atoms with Crippen molar-refractivity contribution < 1.29 is 72.5 Å². The van der Waals surface area contributed by atoms with Crippen LogP contribution in [0.2, 0.25) is 0 Å². The number of aryl methyl sites for hydroxylation is 2. The summed E-state index contributed by atoms with van der Waals surface area (Å²) in [4.78, 5) is 18.5. The van der Waals surface area contributed by atoms with Gasteiger partial charge in [0.25, 0.3) is 0 Å². The molecule has 9 rings (SSSR count). The van der Waals surface area contributed by atoms with E-state index in [1.165, 1.54) is 48.6 Å². The second kappa shape index (κ2) is 15.4. The van der Waals surface area contributed by atoms with Crippen molar-refractivity contribution >= 4 is 46.4 Å². The van der Waals surface area contributed by atoms with Gasteiger partial charge in [0.05, 0.1) is 33.9 Å². The summed E-state index contributed by atoms with van der Waals surface area (Å²) < 4.78 is 155. The second-order valence-electron chi connectivity index (χ2n) is 13.8. The third-order valence-corrected chi connectivity index (χ3v) is 10.1. The van der Waals surface area contributed by atoms with Gasteiger partial charge in [-0.05, 0) is 57.7 Å². The summed E-state index contributed by atoms with van der Waals surface area (Å²) in [5.41, 5.74) is -3.43. The van der Waals surface area contributed by atoms with Crippen molar-refractivity contribution in [1.82, 2.24) is 19.9 Å². The van der Waals surface area contributed by atoms with Crippen LogP contribution in [0.4, 0.5) is 43.9 Å². The van der Waals surface area contributed by atoms with Crippen LogP contribution in [-0.4, -0.2) is 9.97 Å². The summed E-state index contributed by atoms with van der Waals surface area (Å²) in [6.07, 6.45) is 11.9. The molecule has 0 spiro atoms. The zero-order valence-corrected chi connectivity index (χ0v) is 34.4. The van der Waals surface area contributed by atoms with Gasteiger partial charge < -0.3 is 9.97 Å². The van der Waals surface area contributed by atoms with Crippen molar-refractivity contribution in [3.8, 4) is 44.5 Å². The molecule has 0 atom stereocenters. The van der Waals surface area contributed by atoms with E-state index in [2.05, 4.69) is 19.9 Å². The van der Waals surface area contributed by atoms with Crippen LogP contribution in [0.3, 0.4) is 0 Å². The third kappa shape index (κ3) is 6.63. The maximum atomic E-state index is 15.8. The molecule has 2 aliphatic rings. The number of aromatic nitrogens is 6. The number of hydrogen-bond acceptors (Lipinski definition) is 2. The molecule has 8 bridgehead atoms. The van der Waals surface area contributed by atoms with E-state index in [0.29, 0.717) is 11.1 Å². The van der Waals surface area contributed by atoms with Crippen LogP contribution in [-0.2, 0) is 33.6 Å². The summed E-state index contributed by atoms with van der Waals surface area (Å²) in [5, 5.41) is 0. The molecule has 2 aromatic carbocycles. The van der Waals surface area contributed by atoms with Gasteiger partial charge in [0.15, 0.2) is 71.3 Å². The van der Waals surface area contributed by atoms with E-state index in [-0.39, 0.29) is 75.4 Å². The summed E-state index contributed by atoms with van der Waals surface area (Å²) in [7, 11) is 3.45. The Balaban J connectivity index is 0.00000514. The fourth-order valence-corrected chi connectivity index (χ4v) is 7.18. The zero-order chi connectivity index (χ0) is 42.3. The van der Waals surface area contributed by atoms with Crippen LogP contribution >= 0.6 is 0 Å². The minimum absolute atomic E-state index is 0. The Morgan fingerprint density at radius 3 is 0.885 bits per heavy atom. The fourth-order valence-electron chi connectivity index (χ4n) is 7.18. The van der Waals surface area contributed by atoms with Gasteiger partial charge in [-0.2, -0.15) is 0 Å². The smallest absolute Gasteiger partial charge is 0.657 e. The molecule has 0 amide bonds. The molecule has 298 valence electrons. The Morgan fingerprint density at radius 2 is 0.590 bits per heavy atom. The van der Waals surface area contributed by atoms with Gasteiger partial charge in [-0.25, -0.2) is 63.0 Å². The maximum Gasteiger partial charge on any atom is 2.00 e. The standard InChI is InChI=1S/C44H22F10N6.Zn/c1-59-15-11-19(12-16-59)29-21-3-7-25(55-21)31(33-35(45)39(49)43(53)40(50)36(33)46)27-9-5-23(57-27)30(20-13-17-60(2)18-14-20)24-6-10-28(58-24)32(26-8-4-22(29)56-26)34-37(47)41(51)44(54)42(52)38(34)48;/h3-18H,1-2H3;/q;+2. The molecule has 7 aromatic rings. The van der Waals surface area contributed by atoms with Crippen LogP contribution in [0.1, 0.15) is 22.8 Å². The molecular weight excluding hydrogens is 868 g/mol. The summed E-state index contributed by atoms with van der Waals surface area (Å²) in [5.74, 6) is -22.1. The minimum Gasteiger partial charge on any atom is -0.657 e. The number of benzene rings is 2. The number of fused-ring (bicyclic) bond motifs is 8. The Kier molecular flexibility index (Phi) is 10.3. The first kappa shape index (κ1) is 41.0. The predicted octanol–water partition coefficient (Wildman–Crippen LogP) is 9.62. The average Bonchev–Trinajstić information content (AvgIpc) is 4.09. The van der Waals surface area contributed by atoms with E-state index in [1.54, 1.807) is 72.3 Å². The van der Waals surface area contributed by atoms with Gasteiger partial charge in [-0.3, -0.25) is 0 Å². The molecular formula is C44H22F10N6Zn+2. The minimum atomic E-state index is -2.37. The third-order valence-electron chi connectivity index (χ3n) is 10.1. The van der Waals surface area contributed by atoms with Crippen LogP contribution < -0.4 is 19.1 Å². The van der Waals surface area contributed by atoms with Gasteiger partial charge in [0.2, 0.25) is 11.6 Å². The molecule has 0 fully saturated rings. The van der Waals surface area contributed by atoms with Gasteiger partial charge in [-0.1, -0.05) is 24.3 Å². The van der Waals surface area contributed by atoms with E-state index >= 15 is 17.6 Å². The molecule has 0 saturated carbocycles. The van der Waals surface area contributed by atoms with E-state index in [9.17, 15) is 26.3 Å². The molecule has 17 heteroatoms. The zero-order valence-electron chi connectivity index (χ0n) is 31.4. The van der Waals surface area contributed by atoms with E-state index < -0.39 is 80.4 Å².